The van der Waals surface area contributed by atoms with Crippen molar-refractivity contribution in [1.82, 2.24) is 9.88 Å². The number of piperidine rings is 1. The fourth-order valence-corrected chi connectivity index (χ4v) is 4.07. The molecule has 2 aliphatic rings. The van der Waals surface area contributed by atoms with E-state index in [0.29, 0.717) is 25.5 Å². The van der Waals surface area contributed by atoms with Crippen LogP contribution in [0.15, 0.2) is 5.38 Å². The van der Waals surface area contributed by atoms with Gasteiger partial charge in [-0.3, -0.25) is 9.69 Å². The molecule has 7 heteroatoms. The zero-order valence-corrected chi connectivity index (χ0v) is 14.6. The SMILES string of the molecule is COCC1(C(=O)O)CCN(Cc2csc(N(C)C3CC3)n2)CC1. The molecule has 0 aromatic carbocycles. The predicted octanol–water partition coefficient (Wildman–Crippen LogP) is 2.05. The van der Waals surface area contributed by atoms with Crippen molar-refractivity contribution in [2.24, 2.45) is 5.41 Å². The number of hydrogen-bond donors (Lipinski definition) is 1. The molecule has 2 fully saturated rings. The maximum absolute atomic E-state index is 11.6. The van der Waals surface area contributed by atoms with E-state index in [9.17, 15) is 9.90 Å². The number of aliphatic carboxylic acids is 1. The van der Waals surface area contributed by atoms with Crippen LogP contribution in [0, 0.1) is 5.41 Å². The molecular weight excluding hydrogens is 314 g/mol. The molecular formula is C16H25N3O3S. The van der Waals surface area contributed by atoms with Crippen LogP contribution in [0.1, 0.15) is 31.4 Å². The lowest BCUT2D eigenvalue weighted by Gasteiger charge is -2.38. The summed E-state index contributed by atoms with van der Waals surface area (Å²) in [6.45, 7) is 2.66. The number of methoxy groups -OCH3 is 1. The first-order chi connectivity index (χ1) is 11.0. The van der Waals surface area contributed by atoms with E-state index < -0.39 is 11.4 Å². The molecule has 0 bridgehead atoms. The molecule has 0 radical (unpaired) electrons. The molecule has 2 heterocycles. The third-order valence-corrected chi connectivity index (χ3v) is 5.99. The topological polar surface area (TPSA) is 65.9 Å². The lowest BCUT2D eigenvalue weighted by atomic mass is 9.79. The molecule has 1 aliphatic heterocycles. The maximum Gasteiger partial charge on any atom is 0.312 e. The fourth-order valence-electron chi connectivity index (χ4n) is 3.21. The van der Waals surface area contributed by atoms with Crippen LogP contribution in [0.3, 0.4) is 0 Å². The van der Waals surface area contributed by atoms with Gasteiger partial charge < -0.3 is 14.7 Å². The maximum atomic E-state index is 11.6. The zero-order valence-electron chi connectivity index (χ0n) is 13.8. The molecule has 0 amide bonds. The highest BCUT2D eigenvalue weighted by Gasteiger charge is 2.41. The highest BCUT2D eigenvalue weighted by molar-refractivity contribution is 7.13. The molecule has 1 saturated heterocycles. The predicted molar refractivity (Wildman–Crippen MR) is 90.0 cm³/mol. The van der Waals surface area contributed by atoms with E-state index in [1.54, 1.807) is 18.4 Å². The average molecular weight is 339 g/mol. The van der Waals surface area contributed by atoms with E-state index in [4.69, 9.17) is 9.72 Å². The number of anilines is 1. The summed E-state index contributed by atoms with van der Waals surface area (Å²) >= 11 is 1.70. The van der Waals surface area contributed by atoms with Crippen molar-refractivity contribution in [1.29, 1.82) is 0 Å². The van der Waals surface area contributed by atoms with Gasteiger partial charge in [0, 0.05) is 32.1 Å². The van der Waals surface area contributed by atoms with Gasteiger partial charge in [-0.15, -0.1) is 11.3 Å². The van der Waals surface area contributed by atoms with E-state index in [0.717, 1.165) is 30.5 Å². The lowest BCUT2D eigenvalue weighted by Crippen LogP contribution is -2.46. The van der Waals surface area contributed by atoms with Crippen molar-refractivity contribution in [2.45, 2.75) is 38.3 Å². The molecule has 1 saturated carbocycles. The van der Waals surface area contributed by atoms with Gasteiger partial charge in [0.1, 0.15) is 0 Å². The summed E-state index contributed by atoms with van der Waals surface area (Å²) < 4.78 is 5.14. The van der Waals surface area contributed by atoms with Gasteiger partial charge in [0.25, 0.3) is 0 Å². The van der Waals surface area contributed by atoms with Crippen molar-refractivity contribution in [3.63, 3.8) is 0 Å². The summed E-state index contributed by atoms with van der Waals surface area (Å²) in [5.74, 6) is -0.735. The molecule has 1 aliphatic carbocycles. The Balaban J connectivity index is 1.55. The number of carbonyl (C=O) groups is 1. The molecule has 23 heavy (non-hydrogen) atoms. The van der Waals surface area contributed by atoms with Crippen LogP contribution in [-0.4, -0.2) is 60.9 Å². The normalized spacial score (nSPS) is 21.3. The number of hydrogen-bond acceptors (Lipinski definition) is 6. The van der Waals surface area contributed by atoms with Crippen LogP contribution < -0.4 is 4.90 Å². The number of nitrogens with zero attached hydrogens (tertiary/aromatic N) is 3. The summed E-state index contributed by atoms with van der Waals surface area (Å²) in [6, 6.07) is 0.675. The van der Waals surface area contributed by atoms with Crippen LogP contribution in [0.4, 0.5) is 5.13 Å². The lowest BCUT2D eigenvalue weighted by molar-refractivity contribution is -0.156. The quantitative estimate of drug-likeness (QED) is 0.820. The Labute approximate surface area is 141 Å². The van der Waals surface area contributed by atoms with Crippen molar-refractivity contribution >= 4 is 22.4 Å². The smallest absolute Gasteiger partial charge is 0.312 e. The summed E-state index contributed by atoms with van der Waals surface area (Å²) in [5, 5.41) is 12.7. The summed E-state index contributed by atoms with van der Waals surface area (Å²) in [7, 11) is 3.69. The standard InChI is InChI=1S/C16H25N3O3S/c1-18(13-3-4-13)15-17-12(10-23-15)9-19-7-5-16(6-8-19,11-22-2)14(20)21/h10,13H,3-9,11H2,1-2H3,(H,20,21). The first-order valence-corrected chi connectivity index (χ1v) is 9.04. The number of aromatic nitrogens is 1. The van der Waals surface area contributed by atoms with Crippen LogP contribution in [0.5, 0.6) is 0 Å². The van der Waals surface area contributed by atoms with Gasteiger partial charge in [0.05, 0.1) is 17.7 Å². The number of rotatable bonds is 7. The number of carboxylic acids is 1. The van der Waals surface area contributed by atoms with E-state index in [1.165, 1.54) is 12.8 Å². The number of likely N-dealkylation sites (tertiary alicyclic amines) is 1. The van der Waals surface area contributed by atoms with Crippen molar-refractivity contribution in [3.8, 4) is 0 Å². The van der Waals surface area contributed by atoms with Gasteiger partial charge in [-0.1, -0.05) is 0 Å². The molecule has 128 valence electrons. The van der Waals surface area contributed by atoms with E-state index in [1.807, 2.05) is 0 Å². The van der Waals surface area contributed by atoms with Crippen LogP contribution in [0.25, 0.3) is 0 Å². The second-order valence-electron chi connectivity index (χ2n) is 6.76. The fraction of sp³-hybridized carbons (Fsp3) is 0.750. The van der Waals surface area contributed by atoms with Gasteiger partial charge in [-0.25, -0.2) is 4.98 Å². The number of ether oxygens (including phenoxy) is 1. The van der Waals surface area contributed by atoms with Crippen LogP contribution in [-0.2, 0) is 16.1 Å². The highest BCUT2D eigenvalue weighted by Crippen LogP contribution is 2.34. The zero-order chi connectivity index (χ0) is 16.4. The Morgan fingerprint density at radius 1 is 1.52 bits per heavy atom. The third-order valence-electron chi connectivity index (χ3n) is 5.01. The first-order valence-electron chi connectivity index (χ1n) is 8.16. The minimum Gasteiger partial charge on any atom is -0.481 e. The van der Waals surface area contributed by atoms with Crippen molar-refractivity contribution in [3.05, 3.63) is 11.1 Å². The highest BCUT2D eigenvalue weighted by atomic mass is 32.1. The Morgan fingerprint density at radius 3 is 2.78 bits per heavy atom. The van der Waals surface area contributed by atoms with Gasteiger partial charge in [0.2, 0.25) is 0 Å². The molecule has 0 unspecified atom stereocenters. The monoisotopic (exact) mass is 339 g/mol. The molecule has 0 atom stereocenters. The molecule has 6 nitrogen and oxygen atoms in total. The molecule has 1 aromatic heterocycles. The third kappa shape index (κ3) is 3.67. The van der Waals surface area contributed by atoms with E-state index in [2.05, 4.69) is 22.2 Å². The Kier molecular flexibility index (Phi) is 4.89. The number of thiazole rings is 1. The van der Waals surface area contributed by atoms with Gasteiger partial charge >= 0.3 is 5.97 Å². The minimum absolute atomic E-state index is 0.295. The molecule has 0 spiro atoms. The van der Waals surface area contributed by atoms with E-state index in [-0.39, 0.29) is 0 Å². The number of carboxylic acid groups (broad SMARTS) is 1. The average Bonchev–Trinajstić information content (AvgIpc) is 3.28. The largest absolute Gasteiger partial charge is 0.481 e. The van der Waals surface area contributed by atoms with Gasteiger partial charge in [-0.05, 0) is 38.8 Å². The minimum atomic E-state index is -0.735. The van der Waals surface area contributed by atoms with Crippen molar-refractivity contribution < 1.29 is 14.6 Å². The van der Waals surface area contributed by atoms with Crippen LogP contribution >= 0.6 is 11.3 Å². The van der Waals surface area contributed by atoms with Crippen LogP contribution in [0.2, 0.25) is 0 Å². The molecule has 1 N–H and O–H groups in total. The second kappa shape index (κ2) is 6.75. The Morgan fingerprint density at radius 2 is 2.22 bits per heavy atom. The molecule has 1 aromatic rings. The van der Waals surface area contributed by atoms with E-state index >= 15 is 0 Å². The van der Waals surface area contributed by atoms with Gasteiger partial charge in [0.15, 0.2) is 5.13 Å². The first kappa shape index (κ1) is 16.7. The van der Waals surface area contributed by atoms with Crippen molar-refractivity contribution in [2.75, 3.05) is 38.8 Å². The summed E-state index contributed by atoms with van der Waals surface area (Å²) in [5.41, 5.74) is 0.372. The summed E-state index contributed by atoms with van der Waals surface area (Å²) in [6.07, 6.45) is 3.81. The second-order valence-corrected chi connectivity index (χ2v) is 7.59. The Hall–Kier alpha value is -1.18. The molecule has 3 rings (SSSR count). The summed E-state index contributed by atoms with van der Waals surface area (Å²) in [4.78, 5) is 20.9. The Bertz CT molecular complexity index is 551. The van der Waals surface area contributed by atoms with Gasteiger partial charge in [-0.2, -0.15) is 0 Å².